The fraction of sp³-hybridized carbons (Fsp3) is 0.571. The van der Waals surface area contributed by atoms with E-state index in [1.165, 1.54) is 36.8 Å². The van der Waals surface area contributed by atoms with E-state index in [-0.39, 0.29) is 6.61 Å². The molecular formula is C14H22O. The van der Waals surface area contributed by atoms with Crippen LogP contribution in [0.1, 0.15) is 49.3 Å². The molecule has 0 unspecified atom stereocenters. The van der Waals surface area contributed by atoms with Crippen LogP contribution in [0.25, 0.3) is 0 Å². The van der Waals surface area contributed by atoms with Gasteiger partial charge in [-0.3, -0.25) is 0 Å². The maximum atomic E-state index is 9.10. The number of aliphatic hydroxyl groups excluding tert-OH is 1. The predicted octanol–water partition coefficient (Wildman–Crippen LogP) is 3.61. The van der Waals surface area contributed by atoms with Crippen LogP contribution in [0.15, 0.2) is 18.2 Å². The second-order valence-electron chi connectivity index (χ2n) is 4.30. The smallest absolute Gasteiger partial charge is 0.0682 e. The molecule has 1 nitrogen and oxygen atoms in total. The van der Waals surface area contributed by atoms with E-state index in [0.717, 1.165) is 12.0 Å². The molecule has 0 radical (unpaired) electrons. The average molecular weight is 206 g/mol. The van der Waals surface area contributed by atoms with Crippen LogP contribution < -0.4 is 0 Å². The van der Waals surface area contributed by atoms with Crippen molar-refractivity contribution in [2.75, 3.05) is 0 Å². The minimum absolute atomic E-state index is 0.156. The van der Waals surface area contributed by atoms with E-state index < -0.39 is 0 Å². The highest BCUT2D eigenvalue weighted by Crippen LogP contribution is 2.13. The van der Waals surface area contributed by atoms with Crippen molar-refractivity contribution in [1.29, 1.82) is 0 Å². The molecule has 0 spiro atoms. The molecule has 1 aromatic carbocycles. The van der Waals surface area contributed by atoms with Gasteiger partial charge in [0.05, 0.1) is 6.61 Å². The normalized spacial score (nSPS) is 10.6. The second kappa shape index (κ2) is 6.62. The highest BCUT2D eigenvalue weighted by Gasteiger charge is 1.98. The van der Waals surface area contributed by atoms with Crippen LogP contribution in [0.4, 0.5) is 0 Å². The zero-order valence-electron chi connectivity index (χ0n) is 9.92. The summed E-state index contributed by atoms with van der Waals surface area (Å²) in [5.41, 5.74) is 3.67. The average Bonchev–Trinajstić information content (AvgIpc) is 2.23. The van der Waals surface area contributed by atoms with Crippen molar-refractivity contribution in [2.24, 2.45) is 0 Å². The Balaban J connectivity index is 2.49. The molecule has 0 aliphatic heterocycles. The molecule has 0 amide bonds. The molecule has 1 N–H and O–H groups in total. The molecule has 0 aliphatic carbocycles. The Hall–Kier alpha value is -0.820. The van der Waals surface area contributed by atoms with Crippen LogP contribution in [-0.2, 0) is 13.0 Å². The predicted molar refractivity (Wildman–Crippen MR) is 64.9 cm³/mol. The molecule has 1 heteroatoms. The highest BCUT2D eigenvalue weighted by molar-refractivity contribution is 5.29. The molecule has 0 fully saturated rings. The standard InChI is InChI=1S/C14H22O/c1-3-4-5-6-7-13-8-12(2)9-14(10-13)11-15/h8-10,15H,3-7,11H2,1-2H3. The molecule has 0 bridgehead atoms. The van der Waals surface area contributed by atoms with Crippen molar-refractivity contribution >= 4 is 0 Å². The van der Waals surface area contributed by atoms with E-state index in [9.17, 15) is 0 Å². The lowest BCUT2D eigenvalue weighted by Crippen LogP contribution is -1.91. The Morgan fingerprint density at radius 1 is 1.00 bits per heavy atom. The van der Waals surface area contributed by atoms with Crippen molar-refractivity contribution in [2.45, 2.75) is 52.6 Å². The topological polar surface area (TPSA) is 20.2 Å². The number of aliphatic hydroxyl groups is 1. The highest BCUT2D eigenvalue weighted by atomic mass is 16.3. The fourth-order valence-electron chi connectivity index (χ4n) is 1.94. The summed E-state index contributed by atoms with van der Waals surface area (Å²) in [6.07, 6.45) is 6.35. The Morgan fingerprint density at radius 2 is 1.73 bits per heavy atom. The van der Waals surface area contributed by atoms with E-state index in [2.05, 4.69) is 32.0 Å². The van der Waals surface area contributed by atoms with Gasteiger partial charge >= 0.3 is 0 Å². The third-order valence-electron chi connectivity index (χ3n) is 2.70. The lowest BCUT2D eigenvalue weighted by molar-refractivity contribution is 0.281. The number of aryl methyl sites for hydroxylation is 2. The van der Waals surface area contributed by atoms with E-state index in [1.807, 2.05) is 0 Å². The Morgan fingerprint density at radius 3 is 2.40 bits per heavy atom. The first kappa shape index (κ1) is 12.3. The monoisotopic (exact) mass is 206 g/mol. The molecule has 0 saturated heterocycles. The van der Waals surface area contributed by atoms with Crippen molar-refractivity contribution < 1.29 is 5.11 Å². The number of hydrogen-bond acceptors (Lipinski definition) is 1. The first-order valence-corrected chi connectivity index (χ1v) is 5.96. The zero-order chi connectivity index (χ0) is 11.1. The van der Waals surface area contributed by atoms with Gasteiger partial charge in [0.1, 0.15) is 0 Å². The van der Waals surface area contributed by atoms with Crippen LogP contribution >= 0.6 is 0 Å². The number of hydrogen-bond donors (Lipinski definition) is 1. The van der Waals surface area contributed by atoms with Gasteiger partial charge in [0, 0.05) is 0 Å². The Bertz CT molecular complexity index is 291. The van der Waals surface area contributed by atoms with Gasteiger partial charge in [0.2, 0.25) is 0 Å². The summed E-state index contributed by atoms with van der Waals surface area (Å²) in [4.78, 5) is 0. The molecule has 0 atom stereocenters. The zero-order valence-corrected chi connectivity index (χ0v) is 9.92. The minimum Gasteiger partial charge on any atom is -0.392 e. The Kier molecular flexibility index (Phi) is 5.41. The molecule has 0 aliphatic rings. The molecule has 0 saturated carbocycles. The van der Waals surface area contributed by atoms with Gasteiger partial charge < -0.3 is 5.11 Å². The molecule has 0 aromatic heterocycles. The first-order valence-electron chi connectivity index (χ1n) is 5.96. The first-order chi connectivity index (χ1) is 7.26. The number of rotatable bonds is 6. The van der Waals surface area contributed by atoms with E-state index in [1.54, 1.807) is 0 Å². The van der Waals surface area contributed by atoms with Crippen molar-refractivity contribution in [3.8, 4) is 0 Å². The summed E-state index contributed by atoms with van der Waals surface area (Å²) >= 11 is 0. The van der Waals surface area contributed by atoms with Crippen molar-refractivity contribution in [3.05, 3.63) is 34.9 Å². The maximum absolute atomic E-state index is 9.10. The number of unbranched alkanes of at least 4 members (excludes halogenated alkanes) is 3. The van der Waals surface area contributed by atoms with Crippen molar-refractivity contribution in [3.63, 3.8) is 0 Å². The van der Waals surface area contributed by atoms with Crippen LogP contribution in [0.2, 0.25) is 0 Å². The summed E-state index contributed by atoms with van der Waals surface area (Å²) < 4.78 is 0. The van der Waals surface area contributed by atoms with Crippen LogP contribution in [-0.4, -0.2) is 5.11 Å². The van der Waals surface area contributed by atoms with E-state index >= 15 is 0 Å². The quantitative estimate of drug-likeness (QED) is 0.705. The molecule has 15 heavy (non-hydrogen) atoms. The lowest BCUT2D eigenvalue weighted by Gasteiger charge is -2.05. The summed E-state index contributed by atoms with van der Waals surface area (Å²) in [7, 11) is 0. The molecule has 0 heterocycles. The summed E-state index contributed by atoms with van der Waals surface area (Å²) in [6.45, 7) is 4.48. The summed E-state index contributed by atoms with van der Waals surface area (Å²) in [5, 5.41) is 9.10. The molecule has 1 rings (SSSR count). The van der Waals surface area contributed by atoms with Crippen LogP contribution in [0.3, 0.4) is 0 Å². The molecular weight excluding hydrogens is 184 g/mol. The maximum Gasteiger partial charge on any atom is 0.0682 e. The van der Waals surface area contributed by atoms with Crippen molar-refractivity contribution in [1.82, 2.24) is 0 Å². The minimum atomic E-state index is 0.156. The van der Waals surface area contributed by atoms with Gasteiger partial charge in [-0.15, -0.1) is 0 Å². The third-order valence-corrected chi connectivity index (χ3v) is 2.70. The summed E-state index contributed by atoms with van der Waals surface area (Å²) in [6, 6.07) is 6.40. The van der Waals surface area contributed by atoms with Gasteiger partial charge in [-0.1, -0.05) is 49.9 Å². The molecule has 1 aromatic rings. The number of benzene rings is 1. The van der Waals surface area contributed by atoms with Gasteiger partial charge in [-0.25, -0.2) is 0 Å². The third kappa shape index (κ3) is 4.48. The largest absolute Gasteiger partial charge is 0.392 e. The Labute approximate surface area is 93.1 Å². The van der Waals surface area contributed by atoms with Crippen LogP contribution in [0.5, 0.6) is 0 Å². The SMILES string of the molecule is CCCCCCc1cc(C)cc(CO)c1. The van der Waals surface area contributed by atoms with Crippen LogP contribution in [0, 0.1) is 6.92 Å². The fourth-order valence-corrected chi connectivity index (χ4v) is 1.94. The van der Waals surface area contributed by atoms with Gasteiger partial charge in [-0.05, 0) is 30.9 Å². The van der Waals surface area contributed by atoms with Gasteiger partial charge in [0.25, 0.3) is 0 Å². The van der Waals surface area contributed by atoms with E-state index in [0.29, 0.717) is 0 Å². The molecule has 84 valence electrons. The van der Waals surface area contributed by atoms with Gasteiger partial charge in [-0.2, -0.15) is 0 Å². The van der Waals surface area contributed by atoms with E-state index in [4.69, 9.17) is 5.11 Å². The second-order valence-corrected chi connectivity index (χ2v) is 4.30. The summed E-state index contributed by atoms with van der Waals surface area (Å²) in [5.74, 6) is 0. The lowest BCUT2D eigenvalue weighted by atomic mass is 10.0. The van der Waals surface area contributed by atoms with Gasteiger partial charge in [0.15, 0.2) is 0 Å².